The number of carbonyl (C=O) groups excluding carboxylic acids is 1. The number of hydrogen-bond acceptors (Lipinski definition) is 6. The van der Waals surface area contributed by atoms with Gasteiger partial charge in [0.25, 0.3) is 11.8 Å². The zero-order valence-electron chi connectivity index (χ0n) is 20.3. The molecule has 3 aromatic rings. The first kappa shape index (κ1) is 26.8. The van der Waals surface area contributed by atoms with Crippen molar-refractivity contribution < 1.29 is 28.2 Å². The number of hydrogen-bond donors (Lipinski definition) is 3. The van der Waals surface area contributed by atoms with Crippen LogP contribution >= 0.6 is 11.6 Å². The standard InChI is InChI=1S/C27H28ClF2N3O4/c1-32-25(35)18-15-33-26(36-12-11-34)24(30)22(18)21-17-14-27(9-5-6-10-31,16-7-3-2-4-8-16)37-20(17)13-19(29)23(21)28/h2-4,7-8,13,15,34H,5-6,9-12,14,31H2,1H3,(H,32,35)/t27-/m0/s1. The van der Waals surface area contributed by atoms with Gasteiger partial charge < -0.3 is 25.6 Å². The number of pyridine rings is 1. The summed E-state index contributed by atoms with van der Waals surface area (Å²) in [7, 11) is 1.39. The Morgan fingerprint density at radius 1 is 1.27 bits per heavy atom. The summed E-state index contributed by atoms with van der Waals surface area (Å²) in [5, 5.41) is 11.2. The van der Waals surface area contributed by atoms with Gasteiger partial charge in [0, 0.05) is 42.4 Å². The maximum Gasteiger partial charge on any atom is 0.253 e. The number of halogens is 3. The molecule has 1 aromatic heterocycles. The fraction of sp³-hybridized carbons (Fsp3) is 0.333. The molecule has 2 aromatic carbocycles. The van der Waals surface area contributed by atoms with Crippen molar-refractivity contribution in [3.63, 3.8) is 0 Å². The third-order valence-corrected chi connectivity index (χ3v) is 6.80. The topological polar surface area (TPSA) is 107 Å². The predicted octanol–water partition coefficient (Wildman–Crippen LogP) is 4.37. The van der Waals surface area contributed by atoms with Gasteiger partial charge in [-0.3, -0.25) is 4.79 Å². The van der Waals surface area contributed by atoms with E-state index in [9.17, 15) is 4.79 Å². The number of amides is 1. The summed E-state index contributed by atoms with van der Waals surface area (Å²) in [6, 6.07) is 10.7. The highest BCUT2D eigenvalue weighted by molar-refractivity contribution is 6.34. The third-order valence-electron chi connectivity index (χ3n) is 6.43. The van der Waals surface area contributed by atoms with Crippen molar-refractivity contribution in [1.29, 1.82) is 0 Å². The van der Waals surface area contributed by atoms with Crippen LogP contribution < -0.4 is 20.5 Å². The summed E-state index contributed by atoms with van der Waals surface area (Å²) in [5.74, 6) is -2.68. The van der Waals surface area contributed by atoms with Crippen molar-refractivity contribution in [3.05, 3.63) is 75.9 Å². The fourth-order valence-corrected chi connectivity index (χ4v) is 4.97. The van der Waals surface area contributed by atoms with Gasteiger partial charge in [-0.15, -0.1) is 0 Å². The number of unbranched alkanes of at least 4 members (excludes halogenated alkanes) is 1. The molecule has 1 atom stereocenters. The molecular weight excluding hydrogens is 504 g/mol. The number of rotatable bonds is 10. The fourth-order valence-electron chi connectivity index (χ4n) is 4.71. The highest BCUT2D eigenvalue weighted by Gasteiger charge is 2.43. The molecule has 0 saturated heterocycles. The molecular formula is C27H28ClF2N3O4. The Morgan fingerprint density at radius 3 is 2.70 bits per heavy atom. The lowest BCUT2D eigenvalue weighted by molar-refractivity contribution is 0.0793. The maximum atomic E-state index is 15.9. The zero-order chi connectivity index (χ0) is 26.6. The molecule has 37 heavy (non-hydrogen) atoms. The van der Waals surface area contributed by atoms with E-state index in [1.807, 2.05) is 30.3 Å². The van der Waals surface area contributed by atoms with Crippen molar-refractivity contribution >= 4 is 17.5 Å². The van der Waals surface area contributed by atoms with Crippen LogP contribution in [0.1, 0.15) is 40.7 Å². The second-order valence-electron chi connectivity index (χ2n) is 8.73. The van der Waals surface area contributed by atoms with Crippen LogP contribution in [-0.4, -0.2) is 42.8 Å². The second-order valence-corrected chi connectivity index (χ2v) is 9.10. The molecule has 1 amide bonds. The Balaban J connectivity index is 1.94. The Kier molecular flexibility index (Phi) is 8.26. The van der Waals surface area contributed by atoms with Crippen LogP contribution in [-0.2, 0) is 12.0 Å². The summed E-state index contributed by atoms with van der Waals surface area (Å²) in [5.41, 5.74) is 5.80. The van der Waals surface area contributed by atoms with E-state index in [1.165, 1.54) is 13.1 Å². The molecule has 0 aliphatic carbocycles. The number of carbonyl (C=O) groups is 1. The molecule has 7 nitrogen and oxygen atoms in total. The number of aliphatic hydroxyl groups excluding tert-OH is 1. The molecule has 0 fully saturated rings. The number of nitrogens with zero attached hydrogens (tertiary/aromatic N) is 1. The van der Waals surface area contributed by atoms with Crippen LogP contribution in [0.2, 0.25) is 5.02 Å². The van der Waals surface area contributed by atoms with Crippen molar-refractivity contribution in [2.45, 2.75) is 31.3 Å². The number of nitrogens with one attached hydrogen (secondary N) is 1. The Morgan fingerprint density at radius 2 is 2.03 bits per heavy atom. The minimum atomic E-state index is -0.996. The smallest absolute Gasteiger partial charge is 0.253 e. The number of ether oxygens (including phenoxy) is 2. The molecule has 10 heteroatoms. The molecule has 0 radical (unpaired) electrons. The first-order valence-corrected chi connectivity index (χ1v) is 12.3. The molecule has 0 spiro atoms. The van der Waals surface area contributed by atoms with Crippen molar-refractivity contribution in [2.75, 3.05) is 26.8 Å². The predicted molar refractivity (Wildman–Crippen MR) is 136 cm³/mol. The molecule has 0 bridgehead atoms. The maximum absolute atomic E-state index is 15.9. The quantitative estimate of drug-likeness (QED) is 0.335. The molecule has 0 saturated carbocycles. The van der Waals surface area contributed by atoms with Crippen LogP contribution in [0.15, 0.2) is 42.6 Å². The van der Waals surface area contributed by atoms with E-state index in [1.54, 1.807) is 0 Å². The van der Waals surface area contributed by atoms with Gasteiger partial charge in [0.1, 0.15) is 23.8 Å². The lowest BCUT2D eigenvalue weighted by Gasteiger charge is -2.29. The Labute approximate surface area is 218 Å². The molecule has 4 rings (SSSR count). The molecule has 2 heterocycles. The van der Waals surface area contributed by atoms with Crippen molar-refractivity contribution in [3.8, 4) is 22.8 Å². The average molecular weight is 532 g/mol. The summed E-state index contributed by atoms with van der Waals surface area (Å²) < 4.78 is 42.8. The summed E-state index contributed by atoms with van der Waals surface area (Å²) >= 11 is 6.48. The first-order valence-electron chi connectivity index (χ1n) is 12.0. The molecule has 4 N–H and O–H groups in total. The summed E-state index contributed by atoms with van der Waals surface area (Å²) in [6.07, 6.45) is 3.49. The number of aliphatic hydroxyl groups is 1. The third kappa shape index (κ3) is 5.12. The summed E-state index contributed by atoms with van der Waals surface area (Å²) in [4.78, 5) is 16.6. The number of fused-ring (bicyclic) bond motifs is 1. The van der Waals surface area contributed by atoms with E-state index >= 15 is 8.78 Å². The van der Waals surface area contributed by atoms with Gasteiger partial charge in [-0.05, 0) is 31.4 Å². The van der Waals surface area contributed by atoms with Crippen LogP contribution in [0.4, 0.5) is 8.78 Å². The van der Waals surface area contributed by atoms with Crippen LogP contribution in [0.25, 0.3) is 11.1 Å². The average Bonchev–Trinajstić information content (AvgIpc) is 3.28. The van der Waals surface area contributed by atoms with Crippen LogP contribution in [0, 0.1) is 11.6 Å². The molecule has 1 aliphatic rings. The number of benzene rings is 2. The molecule has 0 unspecified atom stereocenters. The first-order chi connectivity index (χ1) is 17.9. The lowest BCUT2D eigenvalue weighted by Crippen LogP contribution is -2.31. The van der Waals surface area contributed by atoms with Gasteiger partial charge in [0.05, 0.1) is 17.2 Å². The van der Waals surface area contributed by atoms with E-state index in [2.05, 4.69) is 10.3 Å². The number of aromatic nitrogens is 1. The minimum Gasteiger partial charge on any atom is -0.482 e. The van der Waals surface area contributed by atoms with Gasteiger partial charge in [-0.25, -0.2) is 13.8 Å². The highest BCUT2D eigenvalue weighted by atomic mass is 35.5. The second kappa shape index (κ2) is 11.4. The van der Waals surface area contributed by atoms with Gasteiger partial charge in [-0.1, -0.05) is 41.9 Å². The normalized spacial score (nSPS) is 16.3. The van der Waals surface area contributed by atoms with Gasteiger partial charge >= 0.3 is 0 Å². The van der Waals surface area contributed by atoms with Gasteiger partial charge in [0.2, 0.25) is 0 Å². The van der Waals surface area contributed by atoms with E-state index in [4.69, 9.17) is 31.9 Å². The Hall–Kier alpha value is -3.27. The highest BCUT2D eigenvalue weighted by Crippen LogP contribution is 2.51. The van der Waals surface area contributed by atoms with Crippen LogP contribution in [0.3, 0.4) is 0 Å². The molecule has 1 aliphatic heterocycles. The Bertz CT molecular complexity index is 1290. The van der Waals surface area contributed by atoms with E-state index < -0.39 is 29.0 Å². The lowest BCUT2D eigenvalue weighted by atomic mass is 9.82. The van der Waals surface area contributed by atoms with Crippen molar-refractivity contribution in [1.82, 2.24) is 10.3 Å². The monoisotopic (exact) mass is 531 g/mol. The zero-order valence-corrected chi connectivity index (χ0v) is 21.1. The number of nitrogens with two attached hydrogens (primary N) is 1. The SMILES string of the molecule is CNC(=O)c1cnc(OCCO)c(F)c1-c1c(Cl)c(F)cc2c1C[C@@](CCCCN)(c1ccccc1)O2. The largest absolute Gasteiger partial charge is 0.482 e. The van der Waals surface area contributed by atoms with Crippen LogP contribution in [0.5, 0.6) is 11.6 Å². The van der Waals surface area contributed by atoms with E-state index in [0.29, 0.717) is 18.5 Å². The summed E-state index contributed by atoms with van der Waals surface area (Å²) in [6.45, 7) is -0.0864. The van der Waals surface area contributed by atoms with E-state index in [0.717, 1.165) is 24.6 Å². The van der Waals surface area contributed by atoms with E-state index in [-0.39, 0.29) is 47.1 Å². The van der Waals surface area contributed by atoms with Crippen molar-refractivity contribution in [2.24, 2.45) is 5.73 Å². The molecule has 196 valence electrons. The van der Waals surface area contributed by atoms with Gasteiger partial charge in [-0.2, -0.15) is 0 Å². The minimum absolute atomic E-state index is 0.000598. The van der Waals surface area contributed by atoms with Gasteiger partial charge in [0.15, 0.2) is 5.82 Å².